The molecule has 0 radical (unpaired) electrons. The molecular weight excluding hydrogens is 235 g/mol. The standard InChI is InChI=1S/C13H17FN2O2/c1-9(2)10-6-7-15(8-10)12-5-3-4-11(14)13(12)16(17)18/h3-5,9-10H,6-8H2,1-2H3. The van der Waals surface area contributed by atoms with Gasteiger partial charge >= 0.3 is 5.69 Å². The maximum atomic E-state index is 13.5. The number of rotatable bonds is 3. The van der Waals surface area contributed by atoms with E-state index in [1.54, 1.807) is 6.07 Å². The van der Waals surface area contributed by atoms with E-state index >= 15 is 0 Å². The highest BCUT2D eigenvalue weighted by Crippen LogP contribution is 2.35. The molecule has 0 saturated carbocycles. The zero-order valence-electron chi connectivity index (χ0n) is 10.6. The molecule has 0 aromatic heterocycles. The summed E-state index contributed by atoms with van der Waals surface area (Å²) in [6, 6.07) is 4.29. The number of nitro benzene ring substituents is 1. The SMILES string of the molecule is CC(C)C1CCN(c2cccc(F)c2[N+](=O)[O-])C1. The van der Waals surface area contributed by atoms with Crippen LogP contribution in [0.15, 0.2) is 18.2 Å². The van der Waals surface area contributed by atoms with Crippen molar-refractivity contribution in [3.8, 4) is 0 Å². The molecule has 2 rings (SSSR count). The second kappa shape index (κ2) is 4.92. The molecule has 4 nitrogen and oxygen atoms in total. The zero-order valence-corrected chi connectivity index (χ0v) is 10.6. The number of anilines is 1. The molecule has 0 amide bonds. The fourth-order valence-electron chi connectivity index (χ4n) is 2.49. The number of benzene rings is 1. The van der Waals surface area contributed by atoms with Gasteiger partial charge in [-0.15, -0.1) is 0 Å². The molecule has 0 N–H and O–H groups in total. The first-order valence-electron chi connectivity index (χ1n) is 6.18. The first-order valence-corrected chi connectivity index (χ1v) is 6.18. The second-order valence-corrected chi connectivity index (χ2v) is 5.10. The molecule has 18 heavy (non-hydrogen) atoms. The molecule has 1 heterocycles. The predicted molar refractivity (Wildman–Crippen MR) is 68.2 cm³/mol. The quantitative estimate of drug-likeness (QED) is 0.613. The predicted octanol–water partition coefficient (Wildman–Crippen LogP) is 3.22. The molecule has 1 saturated heterocycles. The zero-order chi connectivity index (χ0) is 13.3. The molecule has 1 atom stereocenters. The summed E-state index contributed by atoms with van der Waals surface area (Å²) in [5.41, 5.74) is 0.00468. The van der Waals surface area contributed by atoms with Gasteiger partial charge in [0.05, 0.1) is 4.92 Å². The Kier molecular flexibility index (Phi) is 3.50. The van der Waals surface area contributed by atoms with Crippen LogP contribution in [0.5, 0.6) is 0 Å². The number of hydrogen-bond acceptors (Lipinski definition) is 3. The minimum atomic E-state index is -0.759. The average molecular weight is 252 g/mol. The lowest BCUT2D eigenvalue weighted by molar-refractivity contribution is -0.386. The van der Waals surface area contributed by atoms with Crippen molar-refractivity contribution < 1.29 is 9.31 Å². The van der Waals surface area contributed by atoms with Crippen molar-refractivity contribution in [2.24, 2.45) is 11.8 Å². The molecule has 1 aromatic rings. The van der Waals surface area contributed by atoms with Crippen LogP contribution in [0.2, 0.25) is 0 Å². The van der Waals surface area contributed by atoms with E-state index in [0.29, 0.717) is 17.5 Å². The average Bonchev–Trinajstić information content (AvgIpc) is 2.77. The minimum absolute atomic E-state index is 0.401. The highest BCUT2D eigenvalue weighted by molar-refractivity contribution is 5.64. The molecule has 98 valence electrons. The first-order chi connectivity index (χ1) is 8.50. The summed E-state index contributed by atoms with van der Waals surface area (Å²) in [7, 11) is 0. The van der Waals surface area contributed by atoms with Gasteiger partial charge in [0.25, 0.3) is 0 Å². The van der Waals surface area contributed by atoms with Crippen LogP contribution in [-0.4, -0.2) is 18.0 Å². The van der Waals surface area contributed by atoms with Crippen LogP contribution < -0.4 is 4.90 Å². The fraction of sp³-hybridized carbons (Fsp3) is 0.538. The summed E-state index contributed by atoms with van der Waals surface area (Å²) in [5, 5.41) is 11.0. The van der Waals surface area contributed by atoms with Crippen molar-refractivity contribution in [3.05, 3.63) is 34.1 Å². The maximum Gasteiger partial charge on any atom is 0.327 e. The molecule has 1 fully saturated rings. The van der Waals surface area contributed by atoms with Crippen LogP contribution in [-0.2, 0) is 0 Å². The Labute approximate surface area is 106 Å². The van der Waals surface area contributed by atoms with E-state index in [4.69, 9.17) is 0 Å². The lowest BCUT2D eigenvalue weighted by atomic mass is 9.95. The van der Waals surface area contributed by atoms with Gasteiger partial charge in [-0.05, 0) is 30.4 Å². The molecule has 5 heteroatoms. The van der Waals surface area contributed by atoms with E-state index in [1.807, 2.05) is 4.90 Å². The molecule has 0 spiro atoms. The van der Waals surface area contributed by atoms with E-state index in [0.717, 1.165) is 25.6 Å². The summed E-state index contributed by atoms with van der Waals surface area (Å²) in [5.74, 6) is 0.306. The second-order valence-electron chi connectivity index (χ2n) is 5.10. The minimum Gasteiger partial charge on any atom is -0.366 e. The first kappa shape index (κ1) is 12.8. The van der Waals surface area contributed by atoms with Crippen molar-refractivity contribution in [2.45, 2.75) is 20.3 Å². The van der Waals surface area contributed by atoms with Gasteiger partial charge in [0.15, 0.2) is 0 Å². The molecule has 1 unspecified atom stereocenters. The normalized spacial score (nSPS) is 19.6. The van der Waals surface area contributed by atoms with E-state index in [-0.39, 0.29) is 0 Å². The van der Waals surface area contributed by atoms with Crippen LogP contribution in [0.1, 0.15) is 20.3 Å². The number of para-hydroxylation sites is 1. The highest BCUT2D eigenvalue weighted by atomic mass is 19.1. The Morgan fingerprint density at radius 1 is 1.50 bits per heavy atom. The summed E-state index contributed by atoms with van der Waals surface area (Å²) < 4.78 is 13.5. The Morgan fingerprint density at radius 2 is 2.22 bits per heavy atom. The molecule has 0 aliphatic carbocycles. The summed E-state index contributed by atoms with van der Waals surface area (Å²) in [6.45, 7) is 5.82. The van der Waals surface area contributed by atoms with Crippen LogP contribution in [0.25, 0.3) is 0 Å². The van der Waals surface area contributed by atoms with Crippen LogP contribution in [0.3, 0.4) is 0 Å². The summed E-state index contributed by atoms with van der Waals surface area (Å²) in [6.07, 6.45) is 1.01. The Morgan fingerprint density at radius 3 is 2.78 bits per heavy atom. The molecule has 1 aromatic carbocycles. The van der Waals surface area contributed by atoms with Crippen LogP contribution in [0.4, 0.5) is 15.8 Å². The Balaban J connectivity index is 2.30. The maximum absolute atomic E-state index is 13.5. The van der Waals surface area contributed by atoms with Gasteiger partial charge in [-0.25, -0.2) is 0 Å². The van der Waals surface area contributed by atoms with Gasteiger partial charge in [0, 0.05) is 13.1 Å². The van der Waals surface area contributed by atoms with Gasteiger partial charge in [-0.3, -0.25) is 10.1 Å². The van der Waals surface area contributed by atoms with Crippen molar-refractivity contribution in [1.82, 2.24) is 0 Å². The summed E-state index contributed by atoms with van der Waals surface area (Å²) in [4.78, 5) is 12.2. The van der Waals surface area contributed by atoms with Gasteiger partial charge in [0.2, 0.25) is 5.82 Å². The third kappa shape index (κ3) is 2.30. The summed E-state index contributed by atoms with van der Waals surface area (Å²) >= 11 is 0. The largest absolute Gasteiger partial charge is 0.366 e. The number of nitro groups is 1. The number of nitrogens with zero attached hydrogens (tertiary/aromatic N) is 2. The van der Waals surface area contributed by atoms with Crippen molar-refractivity contribution in [3.63, 3.8) is 0 Å². The van der Waals surface area contributed by atoms with Crippen molar-refractivity contribution >= 4 is 11.4 Å². The number of halogens is 1. The molecule has 1 aliphatic rings. The smallest absolute Gasteiger partial charge is 0.327 e. The number of hydrogen-bond donors (Lipinski definition) is 0. The molecule has 0 bridgehead atoms. The van der Waals surface area contributed by atoms with E-state index in [9.17, 15) is 14.5 Å². The van der Waals surface area contributed by atoms with Crippen LogP contribution >= 0.6 is 0 Å². The van der Waals surface area contributed by atoms with Gasteiger partial charge in [-0.2, -0.15) is 4.39 Å². The Bertz CT molecular complexity index is 462. The topological polar surface area (TPSA) is 46.4 Å². The van der Waals surface area contributed by atoms with Crippen molar-refractivity contribution in [1.29, 1.82) is 0 Å². The molecular formula is C13H17FN2O2. The Hall–Kier alpha value is -1.65. The monoisotopic (exact) mass is 252 g/mol. The van der Waals surface area contributed by atoms with Crippen LogP contribution in [0, 0.1) is 27.8 Å². The van der Waals surface area contributed by atoms with Crippen molar-refractivity contribution in [2.75, 3.05) is 18.0 Å². The fourth-order valence-corrected chi connectivity index (χ4v) is 2.49. The van der Waals surface area contributed by atoms with E-state index < -0.39 is 16.4 Å². The molecule has 1 aliphatic heterocycles. The van der Waals surface area contributed by atoms with Gasteiger partial charge < -0.3 is 4.90 Å². The third-order valence-electron chi connectivity index (χ3n) is 3.66. The van der Waals surface area contributed by atoms with Gasteiger partial charge in [0.1, 0.15) is 5.69 Å². The lowest BCUT2D eigenvalue weighted by Gasteiger charge is -2.19. The lowest BCUT2D eigenvalue weighted by Crippen LogP contribution is -2.22. The van der Waals surface area contributed by atoms with Gasteiger partial charge in [-0.1, -0.05) is 19.9 Å². The van der Waals surface area contributed by atoms with E-state index in [2.05, 4.69) is 13.8 Å². The van der Waals surface area contributed by atoms with E-state index in [1.165, 1.54) is 6.07 Å². The highest BCUT2D eigenvalue weighted by Gasteiger charge is 2.30. The third-order valence-corrected chi connectivity index (χ3v) is 3.66.